The third-order valence-electron chi connectivity index (χ3n) is 6.18. The number of carbonyl (C=O) groups is 2. The van der Waals surface area contributed by atoms with Gasteiger partial charge < -0.3 is 29.3 Å². The van der Waals surface area contributed by atoms with E-state index in [0.717, 1.165) is 22.0 Å². The third-order valence-corrected chi connectivity index (χ3v) is 7.00. The number of aliphatic hydroxyl groups is 1. The van der Waals surface area contributed by atoms with E-state index in [1.165, 1.54) is 14.2 Å². The average molecular weight is 549 g/mol. The van der Waals surface area contributed by atoms with E-state index in [1.807, 2.05) is 19.9 Å². The van der Waals surface area contributed by atoms with Gasteiger partial charge in [0.2, 0.25) is 0 Å². The lowest BCUT2D eigenvalue weighted by Crippen LogP contribution is -2.21. The Morgan fingerprint density at radius 3 is 1.57 bits per heavy atom. The zero-order valence-corrected chi connectivity index (χ0v) is 23.2. The monoisotopic (exact) mass is 548 g/mol. The zero-order chi connectivity index (χ0) is 27.7. The summed E-state index contributed by atoms with van der Waals surface area (Å²) in [6.45, 7) is 7.16. The Balaban J connectivity index is 0.000000206. The van der Waals surface area contributed by atoms with Crippen molar-refractivity contribution in [2.24, 2.45) is 0 Å². The SMILES string of the molecule is COC(=O)c1cc(C(C)(C)O)c2[nH]ccc2c1Cl.COC(=O)c1cc(C(C)(C)OC)c2[nH]ccc2c1Cl. The molecule has 0 spiro atoms. The molecule has 3 N–H and O–H groups in total. The second kappa shape index (κ2) is 10.8. The number of hydrogen-bond acceptors (Lipinski definition) is 6. The second-order valence-corrected chi connectivity index (χ2v) is 10.1. The molecular weight excluding hydrogens is 519 g/mol. The molecule has 0 aliphatic rings. The van der Waals surface area contributed by atoms with E-state index in [0.29, 0.717) is 26.6 Å². The molecule has 0 saturated heterocycles. The molecule has 0 atom stereocenters. The van der Waals surface area contributed by atoms with Gasteiger partial charge in [0, 0.05) is 41.4 Å². The number of benzene rings is 2. The summed E-state index contributed by atoms with van der Waals surface area (Å²) >= 11 is 12.4. The van der Waals surface area contributed by atoms with Crippen LogP contribution in [0.5, 0.6) is 0 Å². The number of carbonyl (C=O) groups excluding carboxylic acids is 2. The van der Waals surface area contributed by atoms with Crippen molar-refractivity contribution in [2.75, 3.05) is 21.3 Å². The molecule has 8 nitrogen and oxygen atoms in total. The summed E-state index contributed by atoms with van der Waals surface area (Å²) in [5.74, 6) is -0.977. The van der Waals surface area contributed by atoms with E-state index < -0.39 is 23.1 Å². The molecule has 4 aromatic rings. The first-order valence-electron chi connectivity index (χ1n) is 11.3. The lowest BCUT2D eigenvalue weighted by atomic mass is 9.93. The number of aromatic amines is 2. The average Bonchev–Trinajstić information content (AvgIpc) is 3.54. The van der Waals surface area contributed by atoms with Gasteiger partial charge in [0.1, 0.15) is 0 Å². The van der Waals surface area contributed by atoms with Crippen molar-refractivity contribution in [1.29, 1.82) is 0 Å². The predicted molar refractivity (Wildman–Crippen MR) is 145 cm³/mol. The largest absolute Gasteiger partial charge is 0.465 e. The molecule has 0 saturated carbocycles. The number of ether oxygens (including phenoxy) is 3. The fourth-order valence-electron chi connectivity index (χ4n) is 3.98. The number of esters is 2. The molecule has 2 aromatic heterocycles. The zero-order valence-electron chi connectivity index (χ0n) is 21.7. The Morgan fingerprint density at radius 2 is 1.19 bits per heavy atom. The quantitative estimate of drug-likeness (QED) is 0.251. The molecule has 0 radical (unpaired) electrons. The van der Waals surface area contributed by atoms with Crippen LogP contribution in [-0.2, 0) is 25.4 Å². The van der Waals surface area contributed by atoms with E-state index in [4.69, 9.17) is 37.4 Å². The first-order valence-corrected chi connectivity index (χ1v) is 12.1. The summed E-state index contributed by atoms with van der Waals surface area (Å²) in [5.41, 5.74) is 2.02. The fourth-order valence-corrected chi connectivity index (χ4v) is 4.56. The van der Waals surface area contributed by atoms with Crippen molar-refractivity contribution in [3.8, 4) is 0 Å². The van der Waals surface area contributed by atoms with Gasteiger partial charge in [0.05, 0.1) is 57.6 Å². The highest BCUT2D eigenvalue weighted by atomic mass is 35.5. The van der Waals surface area contributed by atoms with E-state index in [9.17, 15) is 14.7 Å². The molecule has 0 amide bonds. The van der Waals surface area contributed by atoms with Gasteiger partial charge in [-0.3, -0.25) is 0 Å². The fraction of sp³-hybridized carbons (Fsp3) is 0.333. The van der Waals surface area contributed by atoms with Crippen LogP contribution in [0, 0.1) is 0 Å². The molecule has 0 fully saturated rings. The predicted octanol–water partition coefficient (Wildman–Crippen LogP) is 6.32. The van der Waals surface area contributed by atoms with Gasteiger partial charge >= 0.3 is 11.9 Å². The Bertz CT molecular complexity index is 1460. The Hall–Kier alpha value is -3.04. The number of nitrogens with one attached hydrogen (secondary N) is 2. The molecule has 37 heavy (non-hydrogen) atoms. The van der Waals surface area contributed by atoms with Gasteiger partial charge in [0.25, 0.3) is 0 Å². The minimum absolute atomic E-state index is 0.253. The van der Waals surface area contributed by atoms with Crippen LogP contribution in [0.25, 0.3) is 21.8 Å². The van der Waals surface area contributed by atoms with Gasteiger partial charge in [0.15, 0.2) is 0 Å². The molecule has 10 heteroatoms. The van der Waals surface area contributed by atoms with E-state index >= 15 is 0 Å². The Kier molecular flexibility index (Phi) is 8.29. The second-order valence-electron chi connectivity index (χ2n) is 9.36. The van der Waals surface area contributed by atoms with Crippen molar-refractivity contribution in [3.05, 3.63) is 69.0 Å². The molecule has 0 bridgehead atoms. The summed E-state index contributed by atoms with van der Waals surface area (Å²) in [4.78, 5) is 29.7. The summed E-state index contributed by atoms with van der Waals surface area (Å²) < 4.78 is 15.0. The van der Waals surface area contributed by atoms with E-state index in [2.05, 4.69) is 9.97 Å². The third kappa shape index (κ3) is 5.48. The molecular formula is C27H30Cl2N2O6. The van der Waals surface area contributed by atoms with Crippen LogP contribution in [0.3, 0.4) is 0 Å². The number of fused-ring (bicyclic) bond motifs is 2. The number of hydrogen-bond donors (Lipinski definition) is 3. The van der Waals surface area contributed by atoms with Gasteiger partial charge in [-0.05, 0) is 52.0 Å². The van der Waals surface area contributed by atoms with E-state index in [-0.39, 0.29) is 5.56 Å². The number of aromatic nitrogens is 2. The molecule has 198 valence electrons. The van der Waals surface area contributed by atoms with Gasteiger partial charge in [-0.1, -0.05) is 23.2 Å². The summed E-state index contributed by atoms with van der Waals surface area (Å²) in [7, 11) is 4.26. The van der Waals surface area contributed by atoms with Crippen LogP contribution in [0.2, 0.25) is 10.0 Å². The van der Waals surface area contributed by atoms with Crippen molar-refractivity contribution >= 4 is 56.9 Å². The Labute approximate surface area is 224 Å². The van der Waals surface area contributed by atoms with Crippen LogP contribution in [0.4, 0.5) is 0 Å². The molecule has 4 rings (SSSR count). The molecule has 0 aliphatic heterocycles. The van der Waals surface area contributed by atoms with Crippen LogP contribution in [0.15, 0.2) is 36.7 Å². The summed E-state index contributed by atoms with van der Waals surface area (Å²) in [6, 6.07) is 6.88. The highest BCUT2D eigenvalue weighted by Gasteiger charge is 2.27. The van der Waals surface area contributed by atoms with Crippen LogP contribution in [0.1, 0.15) is 59.5 Å². The number of rotatable bonds is 5. The molecule has 2 aromatic carbocycles. The minimum atomic E-state index is -1.09. The first-order chi connectivity index (χ1) is 17.3. The summed E-state index contributed by atoms with van der Waals surface area (Å²) in [5, 5.41) is 12.3. The normalized spacial score (nSPS) is 11.8. The maximum Gasteiger partial charge on any atom is 0.339 e. The summed E-state index contributed by atoms with van der Waals surface area (Å²) in [6.07, 6.45) is 3.50. The maximum atomic E-state index is 11.8. The van der Waals surface area contributed by atoms with Gasteiger partial charge in [-0.15, -0.1) is 0 Å². The maximum absolute atomic E-state index is 11.8. The van der Waals surface area contributed by atoms with Crippen molar-refractivity contribution < 1.29 is 28.9 Å². The minimum Gasteiger partial charge on any atom is -0.465 e. The lowest BCUT2D eigenvalue weighted by molar-refractivity contribution is 0.0202. The van der Waals surface area contributed by atoms with Crippen molar-refractivity contribution in [3.63, 3.8) is 0 Å². The standard InChI is InChI=1S/C14H16ClNO3.C13H14ClNO3/c1-14(2,19-4)10-7-9(13(17)18-3)11(15)8-5-6-16-12(8)10;1-13(2,17)9-6-8(12(16)18-3)10(14)7-4-5-15-11(7)9/h5-7,16H,1-4H3;4-6,15,17H,1-3H3. The van der Waals surface area contributed by atoms with Crippen LogP contribution in [-0.4, -0.2) is 48.3 Å². The van der Waals surface area contributed by atoms with Crippen molar-refractivity contribution in [2.45, 2.75) is 38.9 Å². The van der Waals surface area contributed by atoms with Crippen LogP contribution < -0.4 is 0 Å². The lowest BCUT2D eigenvalue weighted by Gasteiger charge is -2.25. The highest BCUT2D eigenvalue weighted by molar-refractivity contribution is 6.39. The topological polar surface area (TPSA) is 114 Å². The number of halogens is 2. The Morgan fingerprint density at radius 1 is 0.784 bits per heavy atom. The highest BCUT2D eigenvalue weighted by Crippen LogP contribution is 2.37. The molecule has 0 unspecified atom stereocenters. The smallest absolute Gasteiger partial charge is 0.339 e. The number of methoxy groups -OCH3 is 3. The molecule has 0 aliphatic carbocycles. The first kappa shape index (κ1) is 28.5. The van der Waals surface area contributed by atoms with Gasteiger partial charge in [-0.25, -0.2) is 9.59 Å². The molecule has 2 heterocycles. The van der Waals surface area contributed by atoms with Gasteiger partial charge in [-0.2, -0.15) is 0 Å². The van der Waals surface area contributed by atoms with Crippen molar-refractivity contribution in [1.82, 2.24) is 9.97 Å². The van der Waals surface area contributed by atoms with Crippen LogP contribution >= 0.6 is 23.2 Å². The number of H-pyrrole nitrogens is 2. The van der Waals surface area contributed by atoms with E-state index in [1.54, 1.807) is 51.6 Å².